The summed E-state index contributed by atoms with van der Waals surface area (Å²) in [6, 6.07) is -0.301. The topological polar surface area (TPSA) is 83.6 Å². The molecule has 0 aromatic carbocycles. The second kappa shape index (κ2) is 8.52. The standard InChI is InChI=1S/C17H26N4O3/c1-12-10-19-14(13(2)16(12)24-3)11-20-17(23)18-7-6-15(22)21-8-4-5-9-21/h10H,4-9,11H2,1-3H3,(H2,18,20,23). The number of nitrogens with zero attached hydrogens (tertiary/aromatic N) is 2. The number of nitrogens with one attached hydrogen (secondary N) is 2. The van der Waals surface area contributed by atoms with Crippen LogP contribution in [0.25, 0.3) is 0 Å². The van der Waals surface area contributed by atoms with Gasteiger partial charge in [0.25, 0.3) is 0 Å². The molecule has 0 unspecified atom stereocenters. The number of carbonyl (C=O) groups excluding carboxylic acids is 2. The first-order valence-electron chi connectivity index (χ1n) is 8.31. The Hall–Kier alpha value is -2.31. The van der Waals surface area contributed by atoms with Gasteiger partial charge in [0.2, 0.25) is 5.91 Å². The maximum atomic E-state index is 11.9. The molecule has 1 aromatic rings. The van der Waals surface area contributed by atoms with Crippen molar-refractivity contribution < 1.29 is 14.3 Å². The molecule has 0 spiro atoms. The van der Waals surface area contributed by atoms with Crippen molar-refractivity contribution in [3.63, 3.8) is 0 Å². The Morgan fingerprint density at radius 2 is 1.96 bits per heavy atom. The third kappa shape index (κ3) is 4.59. The minimum absolute atomic E-state index is 0.105. The highest BCUT2D eigenvalue weighted by Gasteiger charge is 2.17. The van der Waals surface area contributed by atoms with Gasteiger partial charge in [0.15, 0.2) is 0 Å². The Morgan fingerprint density at radius 1 is 1.25 bits per heavy atom. The lowest BCUT2D eigenvalue weighted by atomic mass is 10.1. The number of aryl methyl sites for hydroxylation is 1. The van der Waals surface area contributed by atoms with Gasteiger partial charge < -0.3 is 20.3 Å². The Labute approximate surface area is 142 Å². The van der Waals surface area contributed by atoms with Crippen molar-refractivity contribution in [3.05, 3.63) is 23.0 Å². The summed E-state index contributed by atoms with van der Waals surface area (Å²) in [6.45, 7) is 6.18. The minimum Gasteiger partial charge on any atom is -0.496 e. The monoisotopic (exact) mass is 334 g/mol. The van der Waals surface area contributed by atoms with E-state index in [-0.39, 0.29) is 11.9 Å². The number of methoxy groups -OCH3 is 1. The molecule has 1 aliphatic rings. The van der Waals surface area contributed by atoms with Crippen molar-refractivity contribution >= 4 is 11.9 Å². The van der Waals surface area contributed by atoms with Crippen LogP contribution in [-0.2, 0) is 11.3 Å². The number of rotatable bonds is 6. The van der Waals surface area contributed by atoms with Crippen molar-refractivity contribution in [2.24, 2.45) is 0 Å². The quantitative estimate of drug-likeness (QED) is 0.826. The number of amides is 3. The molecule has 0 radical (unpaired) electrons. The number of likely N-dealkylation sites (tertiary alicyclic amines) is 1. The maximum absolute atomic E-state index is 11.9. The first-order chi connectivity index (χ1) is 11.5. The molecule has 7 nitrogen and oxygen atoms in total. The fraction of sp³-hybridized carbons (Fsp3) is 0.588. The normalized spacial score (nSPS) is 13.7. The van der Waals surface area contributed by atoms with Gasteiger partial charge in [-0.05, 0) is 26.7 Å². The number of carbonyl (C=O) groups is 2. The molecule has 2 rings (SSSR count). The first kappa shape index (κ1) is 18.0. The molecule has 1 saturated heterocycles. The predicted molar refractivity (Wildman–Crippen MR) is 90.9 cm³/mol. The summed E-state index contributed by atoms with van der Waals surface area (Å²) in [5, 5.41) is 5.47. The highest BCUT2D eigenvalue weighted by molar-refractivity contribution is 5.78. The predicted octanol–water partition coefficient (Wildman–Crippen LogP) is 1.52. The number of hydrogen-bond donors (Lipinski definition) is 2. The molecule has 132 valence electrons. The summed E-state index contributed by atoms with van der Waals surface area (Å²) >= 11 is 0. The Bertz CT molecular complexity index is 598. The molecule has 0 atom stereocenters. The minimum atomic E-state index is -0.301. The van der Waals surface area contributed by atoms with Gasteiger partial charge in [-0.25, -0.2) is 4.79 Å². The summed E-state index contributed by atoms with van der Waals surface area (Å²) in [6.07, 6.45) is 4.22. The van der Waals surface area contributed by atoms with E-state index >= 15 is 0 Å². The van der Waals surface area contributed by atoms with Crippen LogP contribution in [0, 0.1) is 13.8 Å². The number of aromatic nitrogens is 1. The molecule has 0 aliphatic carbocycles. The van der Waals surface area contributed by atoms with E-state index in [1.54, 1.807) is 13.3 Å². The fourth-order valence-electron chi connectivity index (χ4n) is 2.88. The van der Waals surface area contributed by atoms with Gasteiger partial charge in [0.05, 0.1) is 19.3 Å². The van der Waals surface area contributed by atoms with E-state index in [0.29, 0.717) is 19.5 Å². The lowest BCUT2D eigenvalue weighted by Gasteiger charge is -2.15. The van der Waals surface area contributed by atoms with E-state index in [1.807, 2.05) is 18.7 Å². The molecule has 7 heteroatoms. The van der Waals surface area contributed by atoms with E-state index < -0.39 is 0 Å². The second-order valence-corrected chi connectivity index (χ2v) is 5.99. The molecule has 3 amide bonds. The highest BCUT2D eigenvalue weighted by atomic mass is 16.5. The zero-order chi connectivity index (χ0) is 17.5. The average molecular weight is 334 g/mol. The number of ether oxygens (including phenoxy) is 1. The van der Waals surface area contributed by atoms with Gasteiger partial charge in [-0.1, -0.05) is 0 Å². The number of hydrogen-bond acceptors (Lipinski definition) is 4. The Kier molecular flexibility index (Phi) is 6.40. The van der Waals surface area contributed by atoms with Crippen LogP contribution in [0.5, 0.6) is 5.75 Å². The number of urea groups is 1. The molecule has 0 saturated carbocycles. The third-order valence-electron chi connectivity index (χ3n) is 4.25. The lowest BCUT2D eigenvalue weighted by Crippen LogP contribution is -2.38. The molecule has 0 bridgehead atoms. The van der Waals surface area contributed by atoms with Gasteiger partial charge in [-0.2, -0.15) is 0 Å². The van der Waals surface area contributed by atoms with Gasteiger partial charge in [-0.3, -0.25) is 9.78 Å². The van der Waals surface area contributed by atoms with Crippen LogP contribution < -0.4 is 15.4 Å². The van der Waals surface area contributed by atoms with Crippen LogP contribution in [-0.4, -0.2) is 48.6 Å². The van der Waals surface area contributed by atoms with Gasteiger partial charge in [-0.15, -0.1) is 0 Å². The summed E-state index contributed by atoms with van der Waals surface area (Å²) in [4.78, 5) is 29.9. The van der Waals surface area contributed by atoms with E-state index in [9.17, 15) is 9.59 Å². The van der Waals surface area contributed by atoms with Crippen molar-refractivity contribution in [3.8, 4) is 5.75 Å². The summed E-state index contributed by atoms with van der Waals surface area (Å²) < 4.78 is 5.35. The van der Waals surface area contributed by atoms with E-state index in [2.05, 4.69) is 15.6 Å². The van der Waals surface area contributed by atoms with E-state index in [0.717, 1.165) is 48.5 Å². The van der Waals surface area contributed by atoms with Crippen molar-refractivity contribution in [1.29, 1.82) is 0 Å². The molecule has 1 fully saturated rings. The Balaban J connectivity index is 1.74. The van der Waals surface area contributed by atoms with Crippen LogP contribution in [0.15, 0.2) is 6.20 Å². The largest absolute Gasteiger partial charge is 0.496 e. The molecular weight excluding hydrogens is 308 g/mol. The van der Waals surface area contributed by atoms with Crippen molar-refractivity contribution in [2.75, 3.05) is 26.7 Å². The first-order valence-corrected chi connectivity index (χ1v) is 8.31. The van der Waals surface area contributed by atoms with E-state index in [4.69, 9.17) is 4.74 Å². The van der Waals surface area contributed by atoms with Crippen LogP contribution in [0.4, 0.5) is 4.79 Å². The van der Waals surface area contributed by atoms with Crippen LogP contribution in [0.3, 0.4) is 0 Å². The second-order valence-electron chi connectivity index (χ2n) is 5.99. The summed E-state index contributed by atoms with van der Waals surface area (Å²) in [5.74, 6) is 0.895. The zero-order valence-corrected chi connectivity index (χ0v) is 14.6. The maximum Gasteiger partial charge on any atom is 0.315 e. The van der Waals surface area contributed by atoms with Crippen LogP contribution >= 0.6 is 0 Å². The molecule has 2 N–H and O–H groups in total. The molecule has 24 heavy (non-hydrogen) atoms. The molecular formula is C17H26N4O3. The highest BCUT2D eigenvalue weighted by Crippen LogP contribution is 2.23. The van der Waals surface area contributed by atoms with Crippen LogP contribution in [0.2, 0.25) is 0 Å². The van der Waals surface area contributed by atoms with Gasteiger partial charge in [0, 0.05) is 43.4 Å². The zero-order valence-electron chi connectivity index (χ0n) is 14.6. The molecule has 1 aliphatic heterocycles. The molecule has 2 heterocycles. The molecule has 1 aromatic heterocycles. The average Bonchev–Trinajstić information content (AvgIpc) is 3.09. The Morgan fingerprint density at radius 3 is 2.62 bits per heavy atom. The van der Waals surface area contributed by atoms with Crippen molar-refractivity contribution in [1.82, 2.24) is 20.5 Å². The van der Waals surface area contributed by atoms with Crippen LogP contribution in [0.1, 0.15) is 36.1 Å². The van der Waals surface area contributed by atoms with Gasteiger partial charge in [0.1, 0.15) is 5.75 Å². The van der Waals surface area contributed by atoms with Gasteiger partial charge >= 0.3 is 6.03 Å². The summed E-state index contributed by atoms with van der Waals surface area (Å²) in [5.41, 5.74) is 2.64. The fourth-order valence-corrected chi connectivity index (χ4v) is 2.88. The SMILES string of the molecule is COc1c(C)cnc(CNC(=O)NCCC(=O)N2CCCC2)c1C. The lowest BCUT2D eigenvalue weighted by molar-refractivity contribution is -0.129. The smallest absolute Gasteiger partial charge is 0.315 e. The van der Waals surface area contributed by atoms with Crippen molar-refractivity contribution in [2.45, 2.75) is 39.7 Å². The number of pyridine rings is 1. The van der Waals surface area contributed by atoms with E-state index in [1.165, 1.54) is 0 Å². The summed E-state index contributed by atoms with van der Waals surface area (Å²) in [7, 11) is 1.62. The third-order valence-corrected chi connectivity index (χ3v) is 4.25.